The summed E-state index contributed by atoms with van der Waals surface area (Å²) in [5.41, 5.74) is 1.67. The largest absolute Gasteiger partial charge is 0.446 e. The number of amides is 1. The predicted octanol–water partition coefficient (Wildman–Crippen LogP) is 2.65. The van der Waals surface area contributed by atoms with Crippen LogP contribution in [-0.2, 0) is 21.0 Å². The van der Waals surface area contributed by atoms with Gasteiger partial charge in [0.25, 0.3) is 0 Å². The van der Waals surface area contributed by atoms with Gasteiger partial charge in [0.15, 0.2) is 15.7 Å². The second-order valence-corrected chi connectivity index (χ2v) is 9.95. The monoisotopic (exact) mass is 419 g/mol. The van der Waals surface area contributed by atoms with Crippen molar-refractivity contribution in [1.29, 1.82) is 0 Å². The maximum atomic E-state index is 12.1. The van der Waals surface area contributed by atoms with Crippen LogP contribution in [0.2, 0.25) is 0 Å². The van der Waals surface area contributed by atoms with E-state index in [0.717, 1.165) is 25.0 Å². The fourth-order valence-corrected chi connectivity index (χ4v) is 5.48. The molecular formula is C19H25N5O4S. The molecule has 1 aliphatic carbocycles. The number of carbonyl (C=O) groups is 1. The summed E-state index contributed by atoms with van der Waals surface area (Å²) >= 11 is 0. The van der Waals surface area contributed by atoms with E-state index in [-0.39, 0.29) is 29.9 Å². The van der Waals surface area contributed by atoms with Crippen LogP contribution < -0.4 is 10.6 Å². The van der Waals surface area contributed by atoms with Crippen LogP contribution in [-0.4, -0.2) is 47.6 Å². The first-order valence-electron chi connectivity index (χ1n) is 9.82. The van der Waals surface area contributed by atoms with Gasteiger partial charge in [0.05, 0.1) is 10.6 Å². The van der Waals surface area contributed by atoms with Crippen molar-refractivity contribution in [3.05, 3.63) is 29.6 Å². The van der Waals surface area contributed by atoms with Gasteiger partial charge >= 0.3 is 6.09 Å². The van der Waals surface area contributed by atoms with Gasteiger partial charge in [0, 0.05) is 35.5 Å². The number of fused-ring (bicyclic) bond motifs is 1. The molecule has 0 unspecified atom stereocenters. The lowest BCUT2D eigenvalue weighted by atomic mass is 10.0. The standard InChI is InChI=1S/C19H25N5O4S/c1-11(2)21-19(25)28-13-4-3-12(9-13)15-10-17(24-23-15)22-18-14-6-8-29(26,27)16(14)5-7-20-18/h5,7,10-13H,3-4,6,8-9H2,1-2H3,(H,21,25)(H2,20,22,23,24)/t12-,13+/m0/s1. The molecule has 2 aliphatic rings. The van der Waals surface area contributed by atoms with Crippen molar-refractivity contribution < 1.29 is 17.9 Å². The molecule has 1 saturated carbocycles. The van der Waals surface area contributed by atoms with E-state index in [4.69, 9.17) is 4.74 Å². The van der Waals surface area contributed by atoms with Crippen LogP contribution in [0.3, 0.4) is 0 Å². The summed E-state index contributed by atoms with van der Waals surface area (Å²) in [5, 5.41) is 13.2. The predicted molar refractivity (Wildman–Crippen MR) is 107 cm³/mol. The minimum absolute atomic E-state index is 0.0453. The Kier molecular flexibility index (Phi) is 5.20. The average molecular weight is 420 g/mol. The number of nitrogens with one attached hydrogen (secondary N) is 3. The summed E-state index contributed by atoms with van der Waals surface area (Å²) in [6.07, 6.45) is 3.91. The van der Waals surface area contributed by atoms with Crippen LogP contribution in [0.25, 0.3) is 0 Å². The van der Waals surface area contributed by atoms with Crippen molar-refractivity contribution in [1.82, 2.24) is 20.5 Å². The van der Waals surface area contributed by atoms with Gasteiger partial charge in [-0.05, 0) is 45.6 Å². The van der Waals surface area contributed by atoms with Gasteiger partial charge in [0.2, 0.25) is 0 Å². The van der Waals surface area contributed by atoms with Crippen molar-refractivity contribution in [3.8, 4) is 0 Å². The van der Waals surface area contributed by atoms with E-state index in [9.17, 15) is 13.2 Å². The highest BCUT2D eigenvalue weighted by atomic mass is 32.2. The molecule has 10 heteroatoms. The summed E-state index contributed by atoms with van der Waals surface area (Å²) in [7, 11) is -3.21. The molecular weight excluding hydrogens is 394 g/mol. The number of carbonyl (C=O) groups excluding carboxylic acids is 1. The number of aromatic nitrogens is 3. The summed E-state index contributed by atoms with van der Waals surface area (Å²) in [4.78, 5) is 16.4. The van der Waals surface area contributed by atoms with E-state index in [1.54, 1.807) is 6.07 Å². The van der Waals surface area contributed by atoms with E-state index in [0.29, 0.717) is 28.5 Å². The van der Waals surface area contributed by atoms with Gasteiger partial charge in [0.1, 0.15) is 11.9 Å². The molecule has 0 aromatic carbocycles. The number of H-pyrrole nitrogens is 1. The summed E-state index contributed by atoms with van der Waals surface area (Å²) in [6, 6.07) is 3.50. The highest BCUT2D eigenvalue weighted by Crippen LogP contribution is 2.36. The molecule has 1 fully saturated rings. The first-order valence-corrected chi connectivity index (χ1v) is 11.5. The molecule has 2 atom stereocenters. The third-order valence-electron chi connectivity index (χ3n) is 5.32. The summed E-state index contributed by atoms with van der Waals surface area (Å²) in [6.45, 7) is 3.79. The zero-order chi connectivity index (χ0) is 20.6. The van der Waals surface area contributed by atoms with Gasteiger partial charge in [-0.1, -0.05) is 0 Å². The molecule has 1 aliphatic heterocycles. The molecule has 3 N–H and O–H groups in total. The van der Waals surface area contributed by atoms with Gasteiger partial charge in [-0.25, -0.2) is 18.2 Å². The second kappa shape index (κ2) is 7.66. The highest BCUT2D eigenvalue weighted by molar-refractivity contribution is 7.91. The van der Waals surface area contributed by atoms with Crippen LogP contribution in [0.4, 0.5) is 16.4 Å². The van der Waals surface area contributed by atoms with Crippen molar-refractivity contribution in [2.45, 2.75) is 62.5 Å². The molecule has 2 aromatic heterocycles. The number of pyridine rings is 1. The van der Waals surface area contributed by atoms with Crippen LogP contribution >= 0.6 is 0 Å². The quantitative estimate of drug-likeness (QED) is 0.680. The molecule has 1 amide bonds. The number of rotatable bonds is 5. The lowest BCUT2D eigenvalue weighted by Crippen LogP contribution is -2.33. The zero-order valence-electron chi connectivity index (χ0n) is 16.4. The Hall–Kier alpha value is -2.62. The van der Waals surface area contributed by atoms with E-state index < -0.39 is 9.84 Å². The molecule has 0 saturated heterocycles. The SMILES string of the molecule is CC(C)NC(=O)O[C@@H]1CC[C@H](c2cc(Nc3nccc4c3CCS4(=O)=O)n[nH]2)C1. The third kappa shape index (κ3) is 4.21. The van der Waals surface area contributed by atoms with Gasteiger partial charge in [-0.3, -0.25) is 5.10 Å². The van der Waals surface area contributed by atoms with Crippen LogP contribution in [0.5, 0.6) is 0 Å². The maximum Gasteiger partial charge on any atom is 0.407 e. The third-order valence-corrected chi connectivity index (χ3v) is 7.11. The molecule has 0 radical (unpaired) electrons. The van der Waals surface area contributed by atoms with Gasteiger partial charge in [-0.15, -0.1) is 0 Å². The Bertz CT molecular complexity index is 1020. The van der Waals surface area contributed by atoms with Crippen molar-refractivity contribution in [2.24, 2.45) is 0 Å². The number of alkyl carbamates (subject to hydrolysis) is 1. The summed E-state index contributed by atoms with van der Waals surface area (Å²) in [5.74, 6) is 1.46. The molecule has 4 rings (SSSR count). The lowest BCUT2D eigenvalue weighted by molar-refractivity contribution is 0.0981. The fourth-order valence-electron chi connectivity index (χ4n) is 3.94. The molecule has 0 spiro atoms. The average Bonchev–Trinajstić information content (AvgIpc) is 3.35. The Morgan fingerprint density at radius 1 is 1.34 bits per heavy atom. The van der Waals surface area contributed by atoms with Crippen LogP contribution in [0.15, 0.2) is 23.2 Å². The Labute approximate surface area is 169 Å². The normalized spacial score (nSPS) is 22.4. The first-order chi connectivity index (χ1) is 13.8. The van der Waals surface area contributed by atoms with Gasteiger partial charge < -0.3 is 15.4 Å². The number of anilines is 2. The lowest BCUT2D eigenvalue weighted by Gasteiger charge is -2.14. The molecule has 29 heavy (non-hydrogen) atoms. The first kappa shape index (κ1) is 19.7. The number of hydrogen-bond donors (Lipinski definition) is 3. The molecule has 156 valence electrons. The second-order valence-electron chi connectivity index (χ2n) is 7.87. The van der Waals surface area contributed by atoms with E-state index in [2.05, 4.69) is 25.8 Å². The number of sulfone groups is 1. The number of hydrogen-bond acceptors (Lipinski definition) is 7. The zero-order valence-corrected chi connectivity index (χ0v) is 17.3. The molecule has 9 nitrogen and oxygen atoms in total. The number of ether oxygens (including phenoxy) is 1. The smallest absolute Gasteiger partial charge is 0.407 e. The molecule has 0 bridgehead atoms. The number of nitrogens with zero attached hydrogens (tertiary/aromatic N) is 2. The molecule has 2 aromatic rings. The Balaban J connectivity index is 1.40. The highest BCUT2D eigenvalue weighted by Gasteiger charge is 2.31. The van der Waals surface area contributed by atoms with E-state index in [1.807, 2.05) is 19.9 Å². The Morgan fingerprint density at radius 2 is 2.17 bits per heavy atom. The van der Waals surface area contributed by atoms with Crippen LogP contribution in [0, 0.1) is 0 Å². The van der Waals surface area contributed by atoms with Crippen molar-refractivity contribution in [2.75, 3.05) is 11.1 Å². The minimum Gasteiger partial charge on any atom is -0.446 e. The van der Waals surface area contributed by atoms with Crippen molar-refractivity contribution in [3.63, 3.8) is 0 Å². The van der Waals surface area contributed by atoms with E-state index in [1.165, 1.54) is 6.20 Å². The minimum atomic E-state index is -3.21. The fraction of sp³-hybridized carbons (Fsp3) is 0.526. The molecule has 3 heterocycles. The van der Waals surface area contributed by atoms with Crippen molar-refractivity contribution >= 4 is 27.6 Å². The number of aromatic amines is 1. The maximum absolute atomic E-state index is 12.1. The van der Waals surface area contributed by atoms with Crippen LogP contribution in [0.1, 0.15) is 50.3 Å². The van der Waals surface area contributed by atoms with E-state index >= 15 is 0 Å². The topological polar surface area (TPSA) is 126 Å². The van der Waals surface area contributed by atoms with Gasteiger partial charge in [-0.2, -0.15) is 5.10 Å². The Morgan fingerprint density at radius 3 is 2.97 bits per heavy atom. The summed E-state index contributed by atoms with van der Waals surface area (Å²) < 4.78 is 29.6.